The van der Waals surface area contributed by atoms with Gasteiger partial charge in [-0.05, 0) is 52.8 Å². The fraction of sp³-hybridized carbons (Fsp3) is 0.300. The molecule has 1 saturated heterocycles. The predicted molar refractivity (Wildman–Crippen MR) is 108 cm³/mol. The number of aromatic nitrogens is 1. The van der Waals surface area contributed by atoms with Crippen molar-refractivity contribution in [1.82, 2.24) is 4.98 Å². The van der Waals surface area contributed by atoms with Crippen LogP contribution >= 0.6 is 35.0 Å². The van der Waals surface area contributed by atoms with Crippen molar-refractivity contribution in [3.05, 3.63) is 69.2 Å². The van der Waals surface area contributed by atoms with Crippen LogP contribution in [0.5, 0.6) is 0 Å². The normalized spacial score (nSPS) is 16.1. The van der Waals surface area contributed by atoms with Crippen LogP contribution in [-0.4, -0.2) is 28.4 Å². The molecule has 2 heterocycles. The Bertz CT molecular complexity index is 924. The molecule has 1 atom stereocenters. The second kappa shape index (κ2) is 9.06. The molecule has 0 N–H and O–H groups in total. The number of carbonyl (C=O) groups is 1. The lowest BCUT2D eigenvalue weighted by atomic mass is 9.97. The first-order valence-corrected chi connectivity index (χ1v) is 10.5. The lowest BCUT2D eigenvalue weighted by Gasteiger charge is -2.23. The van der Waals surface area contributed by atoms with Gasteiger partial charge in [-0.2, -0.15) is 24.9 Å². The number of alkyl halides is 3. The third-order valence-electron chi connectivity index (χ3n) is 4.39. The molecular weight excluding hydrogens is 449 g/mol. The van der Waals surface area contributed by atoms with E-state index >= 15 is 0 Å². The summed E-state index contributed by atoms with van der Waals surface area (Å²) in [6.07, 6.45) is -1.21. The summed E-state index contributed by atoms with van der Waals surface area (Å²) in [5.41, 5.74) is -0.307. The van der Waals surface area contributed by atoms with E-state index in [2.05, 4.69) is 4.98 Å². The smallest absolute Gasteiger partial charge is 0.292 e. The molecule has 0 spiro atoms. The fourth-order valence-corrected chi connectivity index (χ4v) is 4.23. The molecular formula is C20H15Cl2F4NOS. The van der Waals surface area contributed by atoms with Gasteiger partial charge in [-0.25, -0.2) is 9.37 Å². The van der Waals surface area contributed by atoms with Crippen LogP contribution in [0.15, 0.2) is 36.5 Å². The Morgan fingerprint density at radius 3 is 2.38 bits per heavy atom. The van der Waals surface area contributed by atoms with Gasteiger partial charge in [0.15, 0.2) is 11.6 Å². The average Bonchev–Trinajstić information content (AvgIpc) is 2.56. The summed E-state index contributed by atoms with van der Waals surface area (Å²) < 4.78 is 54.8. The van der Waals surface area contributed by atoms with Crippen molar-refractivity contribution in [1.29, 1.82) is 0 Å². The van der Waals surface area contributed by atoms with Gasteiger partial charge < -0.3 is 0 Å². The number of carbonyl (C=O) groups excluding carboxylic acids is 1. The Kier molecular flexibility index (Phi) is 6.91. The highest BCUT2D eigenvalue weighted by atomic mass is 35.5. The molecule has 29 heavy (non-hydrogen) atoms. The summed E-state index contributed by atoms with van der Waals surface area (Å²) in [7, 11) is 0. The molecule has 1 fully saturated rings. The second-order valence-electron chi connectivity index (χ2n) is 6.71. The van der Waals surface area contributed by atoms with Crippen LogP contribution in [0.1, 0.15) is 34.0 Å². The van der Waals surface area contributed by atoms with Gasteiger partial charge in [-0.1, -0.05) is 35.4 Å². The summed E-state index contributed by atoms with van der Waals surface area (Å²) in [6, 6.07) is 4.69. The van der Waals surface area contributed by atoms with Crippen molar-refractivity contribution in [2.45, 2.75) is 18.5 Å². The summed E-state index contributed by atoms with van der Waals surface area (Å²) in [4.78, 5) is 15.9. The molecule has 0 aliphatic carbocycles. The van der Waals surface area contributed by atoms with Crippen molar-refractivity contribution in [2.75, 3.05) is 11.5 Å². The number of Topliss-reactive ketones (excluding diaryl/α,β-unsaturated/α-hetero) is 1. The number of allylic oxidation sites excluding steroid dienone is 1. The highest BCUT2D eigenvalue weighted by Gasteiger charge is 2.39. The number of ketones is 1. The molecule has 154 valence electrons. The number of rotatable bonds is 6. The molecule has 2 nitrogen and oxygen atoms in total. The van der Waals surface area contributed by atoms with Crippen molar-refractivity contribution in [2.24, 2.45) is 5.92 Å². The molecule has 0 amide bonds. The highest BCUT2D eigenvalue weighted by molar-refractivity contribution is 8.00. The molecule has 1 aromatic heterocycles. The molecule has 0 saturated carbocycles. The number of thioether (sulfide) groups is 1. The molecule has 0 radical (unpaired) electrons. The maximum Gasteiger partial charge on any atom is 0.399 e. The summed E-state index contributed by atoms with van der Waals surface area (Å²) in [5, 5.41) is 0.158. The molecule has 0 bridgehead atoms. The van der Waals surface area contributed by atoms with Gasteiger partial charge in [0.2, 0.25) is 0 Å². The standard InChI is InChI=1S/C20H15Cl2F4NOS/c21-14-5-13(6-15(22)7-14)16(20(24,25)26)2-1-11-3-17(23)19(27-8-11)18(28)4-12-9-29-10-12/h1-3,5-8,12,16H,4,9-10H2/b2-1+. The topological polar surface area (TPSA) is 30.0 Å². The zero-order valence-corrected chi connectivity index (χ0v) is 17.2. The van der Waals surface area contributed by atoms with Crippen LogP contribution in [0.25, 0.3) is 6.08 Å². The van der Waals surface area contributed by atoms with E-state index in [0.29, 0.717) is 0 Å². The zero-order chi connectivity index (χ0) is 21.2. The largest absolute Gasteiger partial charge is 0.399 e. The third-order valence-corrected chi connectivity index (χ3v) is 6.24. The van der Waals surface area contributed by atoms with E-state index < -0.39 is 23.7 Å². The van der Waals surface area contributed by atoms with Crippen LogP contribution in [0.4, 0.5) is 17.6 Å². The van der Waals surface area contributed by atoms with Gasteiger partial charge in [-0.15, -0.1) is 0 Å². The van der Waals surface area contributed by atoms with Crippen LogP contribution in [0.3, 0.4) is 0 Å². The molecule has 2 aromatic rings. The van der Waals surface area contributed by atoms with Crippen molar-refractivity contribution in [3.63, 3.8) is 0 Å². The zero-order valence-electron chi connectivity index (χ0n) is 14.8. The van der Waals surface area contributed by atoms with Gasteiger partial charge in [0.1, 0.15) is 5.69 Å². The van der Waals surface area contributed by atoms with Crippen LogP contribution < -0.4 is 0 Å². The molecule has 1 unspecified atom stereocenters. The fourth-order valence-electron chi connectivity index (χ4n) is 2.88. The summed E-state index contributed by atoms with van der Waals surface area (Å²) in [5.74, 6) is -1.28. The summed E-state index contributed by atoms with van der Waals surface area (Å²) >= 11 is 13.3. The monoisotopic (exact) mass is 463 g/mol. The Labute approximate surface area is 179 Å². The SMILES string of the molecule is O=C(CC1CSC1)c1ncc(/C=C/C(c2cc(Cl)cc(Cl)c2)C(F)(F)F)cc1F. The predicted octanol–water partition coefficient (Wildman–Crippen LogP) is 6.82. The number of hydrogen-bond donors (Lipinski definition) is 0. The van der Waals surface area contributed by atoms with E-state index in [0.717, 1.165) is 29.7 Å². The Balaban J connectivity index is 1.82. The first kappa shape index (κ1) is 22.1. The van der Waals surface area contributed by atoms with Gasteiger partial charge in [0.25, 0.3) is 0 Å². The maximum absolute atomic E-state index is 14.3. The Hall–Kier alpha value is -1.57. The lowest BCUT2D eigenvalue weighted by Crippen LogP contribution is -2.22. The van der Waals surface area contributed by atoms with Crippen LogP contribution in [-0.2, 0) is 0 Å². The third kappa shape index (κ3) is 5.74. The Morgan fingerprint density at radius 2 is 1.86 bits per heavy atom. The quantitative estimate of drug-likeness (QED) is 0.347. The van der Waals surface area contributed by atoms with Gasteiger partial charge >= 0.3 is 6.18 Å². The lowest BCUT2D eigenvalue weighted by molar-refractivity contribution is -0.139. The minimum atomic E-state index is -4.60. The minimum Gasteiger partial charge on any atom is -0.292 e. The molecule has 1 aliphatic rings. The molecule has 1 aliphatic heterocycles. The van der Waals surface area contributed by atoms with Crippen molar-refractivity contribution >= 4 is 46.8 Å². The van der Waals surface area contributed by atoms with Crippen LogP contribution in [0.2, 0.25) is 10.0 Å². The first-order valence-electron chi connectivity index (χ1n) is 8.61. The number of pyridine rings is 1. The van der Waals surface area contributed by atoms with E-state index in [-0.39, 0.29) is 39.2 Å². The van der Waals surface area contributed by atoms with Crippen molar-refractivity contribution < 1.29 is 22.4 Å². The van der Waals surface area contributed by atoms with E-state index in [1.165, 1.54) is 24.4 Å². The van der Waals surface area contributed by atoms with E-state index in [9.17, 15) is 22.4 Å². The minimum absolute atomic E-state index is 0.0792. The molecule has 9 heteroatoms. The van der Waals surface area contributed by atoms with E-state index in [1.807, 2.05) is 0 Å². The maximum atomic E-state index is 14.3. The number of hydrogen-bond acceptors (Lipinski definition) is 3. The number of nitrogens with zero attached hydrogens (tertiary/aromatic N) is 1. The van der Waals surface area contributed by atoms with Crippen LogP contribution in [0, 0.1) is 11.7 Å². The Morgan fingerprint density at radius 1 is 1.21 bits per heavy atom. The van der Waals surface area contributed by atoms with Gasteiger partial charge in [0, 0.05) is 22.7 Å². The van der Waals surface area contributed by atoms with E-state index in [4.69, 9.17) is 23.2 Å². The number of benzene rings is 1. The molecule has 1 aromatic carbocycles. The average molecular weight is 464 g/mol. The van der Waals surface area contributed by atoms with E-state index in [1.54, 1.807) is 11.8 Å². The van der Waals surface area contributed by atoms with Crippen molar-refractivity contribution in [3.8, 4) is 0 Å². The summed E-state index contributed by atoms with van der Waals surface area (Å²) in [6.45, 7) is 0. The first-order chi connectivity index (χ1) is 13.6. The second-order valence-corrected chi connectivity index (χ2v) is 8.66. The number of halogens is 6. The highest BCUT2D eigenvalue weighted by Crippen LogP contribution is 2.38. The van der Waals surface area contributed by atoms with Gasteiger partial charge in [0.05, 0.1) is 5.92 Å². The van der Waals surface area contributed by atoms with Gasteiger partial charge in [-0.3, -0.25) is 4.79 Å². The molecule has 3 rings (SSSR count).